The molecular weight excluding hydrogens is 474 g/mol. The molecule has 37 heavy (non-hydrogen) atoms. The zero-order valence-electron chi connectivity index (χ0n) is 20.6. The second-order valence-corrected chi connectivity index (χ2v) is 8.75. The number of amides is 1. The number of hydrogen-bond acceptors (Lipinski definition) is 9. The number of anilines is 1. The topological polar surface area (TPSA) is 138 Å². The van der Waals surface area contributed by atoms with Gasteiger partial charge in [-0.2, -0.15) is 15.1 Å². The lowest BCUT2D eigenvalue weighted by Gasteiger charge is -2.32. The molecule has 192 valence electrons. The molecule has 0 atom stereocenters. The number of nitrogens with zero attached hydrogens (tertiary/aromatic N) is 5. The number of carbonyl (C=O) groups is 1. The summed E-state index contributed by atoms with van der Waals surface area (Å²) in [4.78, 5) is 28.1. The highest BCUT2D eigenvalue weighted by Gasteiger charge is 2.27. The number of nitrogens with one attached hydrogen (secondary N) is 2. The Kier molecular flexibility index (Phi) is 7.41. The maximum Gasteiger partial charge on any atom is 0.319 e. The predicted octanol–water partition coefficient (Wildman–Crippen LogP) is 2.44. The van der Waals surface area contributed by atoms with Gasteiger partial charge in [0.05, 0.1) is 24.8 Å². The van der Waals surface area contributed by atoms with E-state index in [9.17, 15) is 4.79 Å². The van der Waals surface area contributed by atoms with E-state index in [1.165, 1.54) is 0 Å². The van der Waals surface area contributed by atoms with Crippen LogP contribution in [0.15, 0.2) is 48.7 Å². The number of aliphatic hydroxyl groups is 1. The molecule has 3 N–H and O–H groups in total. The largest absolute Gasteiger partial charge is 0.496 e. The van der Waals surface area contributed by atoms with Crippen LogP contribution in [-0.4, -0.2) is 69.5 Å². The van der Waals surface area contributed by atoms with Crippen molar-refractivity contribution in [2.45, 2.75) is 25.4 Å². The van der Waals surface area contributed by atoms with Crippen LogP contribution < -0.4 is 19.7 Å². The Morgan fingerprint density at radius 2 is 2.00 bits per heavy atom. The van der Waals surface area contributed by atoms with Gasteiger partial charge < -0.3 is 24.8 Å². The third-order valence-electron chi connectivity index (χ3n) is 6.41. The lowest BCUT2D eigenvalue weighted by molar-refractivity contribution is 0.0938. The first-order valence-corrected chi connectivity index (χ1v) is 12.2. The van der Waals surface area contributed by atoms with Gasteiger partial charge >= 0.3 is 6.01 Å². The number of hydrogen-bond donors (Lipinski definition) is 3. The molecule has 11 heteroatoms. The molecule has 1 amide bonds. The molecule has 0 bridgehead atoms. The van der Waals surface area contributed by atoms with E-state index in [0.717, 1.165) is 35.2 Å². The summed E-state index contributed by atoms with van der Waals surface area (Å²) in [5.41, 5.74) is 2.84. The van der Waals surface area contributed by atoms with Crippen LogP contribution in [0.3, 0.4) is 0 Å². The highest BCUT2D eigenvalue weighted by molar-refractivity contribution is 5.93. The van der Waals surface area contributed by atoms with E-state index in [4.69, 9.17) is 14.6 Å². The van der Waals surface area contributed by atoms with Crippen molar-refractivity contribution < 1.29 is 19.4 Å². The number of aromatic amines is 1. The summed E-state index contributed by atoms with van der Waals surface area (Å²) < 4.78 is 11.4. The van der Waals surface area contributed by atoms with Crippen molar-refractivity contribution in [3.63, 3.8) is 0 Å². The van der Waals surface area contributed by atoms with Crippen LogP contribution in [-0.2, 0) is 6.61 Å². The van der Waals surface area contributed by atoms with E-state index in [1.54, 1.807) is 19.4 Å². The fourth-order valence-electron chi connectivity index (χ4n) is 4.53. The van der Waals surface area contributed by atoms with E-state index in [2.05, 4.69) is 35.4 Å². The molecule has 1 aliphatic heterocycles. The van der Waals surface area contributed by atoms with Gasteiger partial charge in [-0.25, -0.2) is 4.98 Å². The summed E-state index contributed by atoms with van der Waals surface area (Å²) in [6.45, 7) is 1.70. The summed E-state index contributed by atoms with van der Waals surface area (Å²) in [5, 5.41) is 20.2. The van der Waals surface area contributed by atoms with Crippen LogP contribution in [0.2, 0.25) is 0 Å². The normalized spacial score (nSPS) is 14.1. The Bertz CT molecular complexity index is 1350. The van der Waals surface area contributed by atoms with E-state index >= 15 is 0 Å². The van der Waals surface area contributed by atoms with Crippen molar-refractivity contribution in [2.75, 3.05) is 38.3 Å². The Labute approximate surface area is 213 Å². The Morgan fingerprint density at radius 1 is 1.19 bits per heavy atom. The molecule has 3 aromatic heterocycles. The average molecular weight is 504 g/mol. The Hall–Kier alpha value is -4.25. The molecular formula is C26H29N7O4. The molecule has 0 radical (unpaired) electrons. The second kappa shape index (κ2) is 11.2. The number of piperidine rings is 1. The Balaban J connectivity index is 1.34. The van der Waals surface area contributed by atoms with Crippen LogP contribution in [0, 0.1) is 0 Å². The maximum atomic E-state index is 12.6. The molecule has 5 rings (SSSR count). The molecule has 0 saturated carbocycles. The first-order chi connectivity index (χ1) is 18.2. The van der Waals surface area contributed by atoms with Gasteiger partial charge in [-0.1, -0.05) is 30.3 Å². The first kappa shape index (κ1) is 24.4. The minimum atomic E-state index is -0.389. The number of rotatable bonds is 9. The molecule has 1 aliphatic rings. The van der Waals surface area contributed by atoms with Crippen LogP contribution in [0.1, 0.15) is 40.5 Å². The minimum absolute atomic E-state index is 0.131. The number of methoxy groups -OCH3 is 1. The van der Waals surface area contributed by atoms with Crippen molar-refractivity contribution >= 4 is 22.8 Å². The van der Waals surface area contributed by atoms with Crippen molar-refractivity contribution in [2.24, 2.45) is 0 Å². The van der Waals surface area contributed by atoms with Crippen molar-refractivity contribution in [3.8, 4) is 11.8 Å². The fraction of sp³-hybridized carbons (Fsp3) is 0.346. The lowest BCUT2D eigenvalue weighted by Crippen LogP contribution is -2.34. The van der Waals surface area contributed by atoms with Gasteiger partial charge in [-0.05, 0) is 24.5 Å². The lowest BCUT2D eigenvalue weighted by atomic mass is 9.92. The molecule has 0 spiro atoms. The van der Waals surface area contributed by atoms with Crippen LogP contribution in [0.25, 0.3) is 11.0 Å². The smallest absolute Gasteiger partial charge is 0.319 e. The van der Waals surface area contributed by atoms with Gasteiger partial charge in [0.25, 0.3) is 5.91 Å². The number of H-pyrrole nitrogens is 1. The van der Waals surface area contributed by atoms with Crippen molar-refractivity contribution in [3.05, 3.63) is 65.6 Å². The summed E-state index contributed by atoms with van der Waals surface area (Å²) in [7, 11) is 1.65. The quantitative estimate of drug-likeness (QED) is 0.314. The van der Waals surface area contributed by atoms with Crippen molar-refractivity contribution in [1.29, 1.82) is 0 Å². The van der Waals surface area contributed by atoms with E-state index < -0.39 is 0 Å². The number of ether oxygens (including phenoxy) is 2. The summed E-state index contributed by atoms with van der Waals surface area (Å²) in [6, 6.07) is 13.3. The average Bonchev–Trinajstić information content (AvgIpc) is 3.40. The second-order valence-electron chi connectivity index (χ2n) is 8.75. The van der Waals surface area contributed by atoms with E-state index in [-0.39, 0.29) is 43.3 Å². The fourth-order valence-corrected chi connectivity index (χ4v) is 4.53. The zero-order chi connectivity index (χ0) is 25.6. The van der Waals surface area contributed by atoms with Crippen LogP contribution >= 0.6 is 0 Å². The van der Waals surface area contributed by atoms with Gasteiger partial charge in [0, 0.05) is 37.8 Å². The molecule has 1 aromatic carbocycles. The number of carbonyl (C=O) groups excluding carboxylic acids is 1. The molecule has 1 saturated heterocycles. The van der Waals surface area contributed by atoms with E-state index in [1.807, 2.05) is 36.4 Å². The molecule has 0 aliphatic carbocycles. The minimum Gasteiger partial charge on any atom is -0.496 e. The Morgan fingerprint density at radius 3 is 2.76 bits per heavy atom. The van der Waals surface area contributed by atoms with Crippen LogP contribution in [0.4, 0.5) is 5.82 Å². The summed E-state index contributed by atoms with van der Waals surface area (Å²) >= 11 is 0. The highest BCUT2D eigenvalue weighted by Crippen LogP contribution is 2.36. The SMILES string of the molecule is COc1ccnc2[nH]nc(C3CCN(c4cc(C(=O)NCCO)nc(OCc5ccccc5)n4)CC3)c12. The van der Waals surface area contributed by atoms with Gasteiger partial charge in [0.15, 0.2) is 5.65 Å². The monoisotopic (exact) mass is 503 g/mol. The van der Waals surface area contributed by atoms with Gasteiger partial charge in [-0.15, -0.1) is 0 Å². The zero-order valence-corrected chi connectivity index (χ0v) is 20.6. The van der Waals surface area contributed by atoms with Gasteiger partial charge in [-0.3, -0.25) is 9.89 Å². The molecule has 0 unspecified atom stereocenters. The first-order valence-electron chi connectivity index (χ1n) is 12.2. The number of fused-ring (bicyclic) bond motifs is 1. The summed E-state index contributed by atoms with van der Waals surface area (Å²) in [6.07, 6.45) is 3.38. The third kappa shape index (κ3) is 5.46. The maximum absolute atomic E-state index is 12.6. The third-order valence-corrected chi connectivity index (χ3v) is 6.41. The number of aliphatic hydroxyl groups excluding tert-OH is 1. The number of benzene rings is 1. The molecule has 4 heterocycles. The van der Waals surface area contributed by atoms with E-state index in [0.29, 0.717) is 24.6 Å². The van der Waals surface area contributed by atoms with Gasteiger partial charge in [0.2, 0.25) is 0 Å². The molecule has 4 aromatic rings. The summed E-state index contributed by atoms with van der Waals surface area (Å²) in [5.74, 6) is 1.22. The predicted molar refractivity (Wildman–Crippen MR) is 137 cm³/mol. The molecule has 11 nitrogen and oxygen atoms in total. The van der Waals surface area contributed by atoms with Gasteiger partial charge in [0.1, 0.15) is 23.9 Å². The molecule has 1 fully saturated rings. The van der Waals surface area contributed by atoms with Crippen LogP contribution in [0.5, 0.6) is 11.8 Å². The number of pyridine rings is 1. The number of aromatic nitrogens is 5. The van der Waals surface area contributed by atoms with Crippen molar-refractivity contribution in [1.82, 2.24) is 30.5 Å². The highest BCUT2D eigenvalue weighted by atomic mass is 16.5. The standard InChI is InChI=1S/C26H29N7O4/c1-36-20-7-10-27-24-22(20)23(31-32-24)18-8-12-33(13-9-18)21-15-19(25(35)28-11-14-34)29-26(30-21)37-16-17-5-3-2-4-6-17/h2-7,10,15,18,34H,8-9,11-14,16H2,1H3,(H,28,35)(H,27,31,32).